The van der Waals surface area contributed by atoms with E-state index in [1.807, 2.05) is 0 Å². The molecular formula is C22H51N3Sn. The van der Waals surface area contributed by atoms with Gasteiger partial charge in [0.15, 0.2) is 0 Å². The van der Waals surface area contributed by atoms with Gasteiger partial charge in [0.2, 0.25) is 0 Å². The van der Waals surface area contributed by atoms with Crippen molar-refractivity contribution in [2.24, 2.45) is 0 Å². The average Bonchev–Trinajstić information content (AvgIpc) is 2.66. The summed E-state index contributed by atoms with van der Waals surface area (Å²) in [4.78, 5) is 10.6. The van der Waals surface area contributed by atoms with Gasteiger partial charge in [-0.15, -0.1) is 0 Å². The van der Waals surface area contributed by atoms with Crippen molar-refractivity contribution in [1.82, 2.24) is 14.7 Å². The third-order valence-electron chi connectivity index (χ3n) is 6.45. The molecule has 4 heteroatoms. The standard InChI is InChI=1S/3C7H16N.CH3.Sn/c3*1-4-7-8(5-2)6-3;;/h3*1,4-7H2,2-3H3;1H3;. The van der Waals surface area contributed by atoms with Crippen LogP contribution in [0.15, 0.2) is 0 Å². The second-order valence-electron chi connectivity index (χ2n) is 8.20. The van der Waals surface area contributed by atoms with Crippen LogP contribution in [0.4, 0.5) is 0 Å². The molecule has 0 saturated heterocycles. The van der Waals surface area contributed by atoms with E-state index in [0.717, 1.165) is 0 Å². The van der Waals surface area contributed by atoms with Gasteiger partial charge in [-0.1, -0.05) is 0 Å². The van der Waals surface area contributed by atoms with Gasteiger partial charge >= 0.3 is 171 Å². The predicted octanol–water partition coefficient (Wildman–Crippen LogP) is 5.26. The van der Waals surface area contributed by atoms with Crippen molar-refractivity contribution in [3.63, 3.8) is 0 Å². The molecule has 0 aliphatic carbocycles. The molecule has 0 N–H and O–H groups in total. The van der Waals surface area contributed by atoms with Gasteiger partial charge in [-0.05, 0) is 0 Å². The van der Waals surface area contributed by atoms with Crippen LogP contribution >= 0.6 is 0 Å². The minimum atomic E-state index is -1.94. The van der Waals surface area contributed by atoms with E-state index in [4.69, 9.17) is 0 Å². The second kappa shape index (κ2) is 16.6. The fraction of sp³-hybridized carbons (Fsp3) is 1.00. The Morgan fingerprint density at radius 1 is 0.462 bits per heavy atom. The summed E-state index contributed by atoms with van der Waals surface area (Å²) in [6, 6.07) is 0. The second-order valence-corrected chi connectivity index (χ2v) is 22.8. The summed E-state index contributed by atoms with van der Waals surface area (Å²) in [5, 5.41) is 0. The molecule has 0 fully saturated rings. The van der Waals surface area contributed by atoms with E-state index < -0.39 is 18.4 Å². The van der Waals surface area contributed by atoms with Crippen molar-refractivity contribution in [1.29, 1.82) is 0 Å². The van der Waals surface area contributed by atoms with Gasteiger partial charge in [-0.3, -0.25) is 0 Å². The number of nitrogens with zero attached hydrogens (tertiary/aromatic N) is 3. The van der Waals surface area contributed by atoms with Crippen LogP contribution in [-0.4, -0.2) is 92.0 Å². The Labute approximate surface area is 170 Å². The van der Waals surface area contributed by atoms with Crippen molar-refractivity contribution in [2.45, 2.75) is 79.1 Å². The molecule has 0 radical (unpaired) electrons. The molecular weight excluding hydrogens is 425 g/mol. The molecule has 0 saturated carbocycles. The van der Waals surface area contributed by atoms with Crippen molar-refractivity contribution in [3.8, 4) is 0 Å². The number of rotatable bonds is 18. The van der Waals surface area contributed by atoms with Crippen molar-refractivity contribution >= 4 is 18.4 Å². The molecule has 0 atom stereocenters. The maximum atomic E-state index is 2.78. The van der Waals surface area contributed by atoms with Crippen LogP contribution in [0.2, 0.25) is 18.2 Å². The van der Waals surface area contributed by atoms with Crippen LogP contribution in [0.1, 0.15) is 60.8 Å². The third-order valence-corrected chi connectivity index (χ3v) is 19.8. The molecule has 0 aromatic rings. The first-order valence-corrected chi connectivity index (χ1v) is 20.6. The Kier molecular flexibility index (Phi) is 17.1. The summed E-state index contributed by atoms with van der Waals surface area (Å²) < 4.78 is 4.80. The monoisotopic (exact) mass is 477 g/mol. The fourth-order valence-electron chi connectivity index (χ4n) is 4.18. The molecule has 26 heavy (non-hydrogen) atoms. The Morgan fingerprint density at radius 2 is 0.692 bits per heavy atom. The van der Waals surface area contributed by atoms with E-state index >= 15 is 0 Å². The van der Waals surface area contributed by atoms with Crippen LogP contribution in [0.5, 0.6) is 0 Å². The molecule has 0 aromatic carbocycles. The van der Waals surface area contributed by atoms with E-state index in [9.17, 15) is 0 Å². The van der Waals surface area contributed by atoms with Gasteiger partial charge in [-0.2, -0.15) is 0 Å². The fourth-order valence-corrected chi connectivity index (χ4v) is 15.0. The maximum absolute atomic E-state index is 2.78. The molecule has 0 aliphatic rings. The molecule has 0 spiro atoms. The van der Waals surface area contributed by atoms with Crippen LogP contribution in [0.3, 0.4) is 0 Å². The zero-order valence-corrected chi connectivity index (χ0v) is 22.3. The summed E-state index contributed by atoms with van der Waals surface area (Å²) >= 11 is -1.94. The Morgan fingerprint density at radius 3 is 0.885 bits per heavy atom. The number of hydrogen-bond donors (Lipinski definition) is 0. The third kappa shape index (κ3) is 12.2. The van der Waals surface area contributed by atoms with Crippen LogP contribution in [0.25, 0.3) is 0 Å². The summed E-state index contributed by atoms with van der Waals surface area (Å²) in [6.07, 6.45) is 4.35. The average molecular weight is 476 g/mol. The van der Waals surface area contributed by atoms with Crippen LogP contribution in [-0.2, 0) is 0 Å². The zero-order chi connectivity index (χ0) is 19.8. The van der Waals surface area contributed by atoms with Crippen LogP contribution in [0, 0.1) is 0 Å². The van der Waals surface area contributed by atoms with Crippen molar-refractivity contribution in [3.05, 3.63) is 0 Å². The molecule has 0 rings (SSSR count). The van der Waals surface area contributed by atoms with Gasteiger partial charge in [0, 0.05) is 0 Å². The van der Waals surface area contributed by atoms with Crippen molar-refractivity contribution < 1.29 is 0 Å². The molecule has 0 aliphatic heterocycles. The summed E-state index contributed by atoms with van der Waals surface area (Å²) in [7, 11) is 0. The normalized spacial score (nSPS) is 12.7. The molecule has 3 nitrogen and oxygen atoms in total. The first-order valence-electron chi connectivity index (χ1n) is 11.6. The first kappa shape index (κ1) is 26.7. The molecule has 0 aromatic heterocycles. The summed E-state index contributed by atoms with van der Waals surface area (Å²) in [5.74, 6) is 0. The molecule has 0 unspecified atom stereocenters. The van der Waals surface area contributed by atoms with Gasteiger partial charge in [0.1, 0.15) is 0 Å². The zero-order valence-electron chi connectivity index (χ0n) is 19.4. The molecule has 0 amide bonds. The summed E-state index contributed by atoms with van der Waals surface area (Å²) in [5.41, 5.74) is 0. The Hall–Kier alpha value is 0.679. The minimum absolute atomic E-state index is 1.21. The quantitative estimate of drug-likeness (QED) is 0.250. The predicted molar refractivity (Wildman–Crippen MR) is 123 cm³/mol. The number of hydrogen-bond acceptors (Lipinski definition) is 3. The SMILES string of the molecule is CCN(CC)CC[CH2][Sn]([CH3])([CH2]CCN(CC)CC)[CH2]CCN(CC)CC. The van der Waals surface area contributed by atoms with Crippen LogP contribution < -0.4 is 0 Å². The van der Waals surface area contributed by atoms with Gasteiger partial charge in [0.05, 0.1) is 0 Å². The van der Waals surface area contributed by atoms with Gasteiger partial charge in [-0.25, -0.2) is 0 Å². The topological polar surface area (TPSA) is 9.72 Å². The van der Waals surface area contributed by atoms with E-state index in [0.29, 0.717) is 0 Å². The van der Waals surface area contributed by atoms with Crippen molar-refractivity contribution in [2.75, 3.05) is 58.9 Å². The Balaban J connectivity index is 4.52. The first-order chi connectivity index (χ1) is 12.5. The van der Waals surface area contributed by atoms with E-state index in [-0.39, 0.29) is 0 Å². The molecule has 158 valence electrons. The molecule has 0 heterocycles. The Bertz CT molecular complexity index is 254. The van der Waals surface area contributed by atoms with Gasteiger partial charge < -0.3 is 0 Å². The van der Waals surface area contributed by atoms with E-state index in [1.165, 1.54) is 78.2 Å². The van der Waals surface area contributed by atoms with E-state index in [2.05, 4.69) is 61.2 Å². The summed E-state index contributed by atoms with van der Waals surface area (Å²) in [6.45, 7) is 25.1. The van der Waals surface area contributed by atoms with Gasteiger partial charge in [0.25, 0.3) is 0 Å². The van der Waals surface area contributed by atoms with E-state index in [1.54, 1.807) is 13.3 Å². The molecule has 0 bridgehead atoms.